The summed E-state index contributed by atoms with van der Waals surface area (Å²) in [6.45, 7) is 1.62. The number of aromatic nitrogens is 3. The molecule has 0 atom stereocenters. The van der Waals surface area contributed by atoms with Gasteiger partial charge in [0.25, 0.3) is 0 Å². The first-order valence-electron chi connectivity index (χ1n) is 7.98. The molecule has 0 unspecified atom stereocenters. The van der Waals surface area contributed by atoms with Crippen molar-refractivity contribution in [2.75, 3.05) is 0 Å². The Morgan fingerprint density at radius 1 is 1.08 bits per heavy atom. The van der Waals surface area contributed by atoms with Crippen molar-refractivity contribution in [2.24, 2.45) is 0 Å². The van der Waals surface area contributed by atoms with E-state index in [2.05, 4.69) is 25.2 Å². The van der Waals surface area contributed by atoms with Crippen LogP contribution >= 0.6 is 11.3 Å². The third-order valence-electron chi connectivity index (χ3n) is 4.04. The van der Waals surface area contributed by atoms with Gasteiger partial charge >= 0.3 is 0 Å². The summed E-state index contributed by atoms with van der Waals surface area (Å²) in [6.07, 6.45) is 5.91. The van der Waals surface area contributed by atoms with E-state index in [1.807, 2.05) is 12.1 Å². The van der Waals surface area contributed by atoms with E-state index in [4.69, 9.17) is 0 Å². The second-order valence-corrected chi connectivity index (χ2v) is 6.84. The highest BCUT2D eigenvalue weighted by atomic mass is 32.1. The summed E-state index contributed by atoms with van der Waals surface area (Å²) in [7, 11) is 0. The predicted octanol–water partition coefficient (Wildman–Crippen LogP) is 3.90. The summed E-state index contributed by atoms with van der Waals surface area (Å²) >= 11 is 1.57. The third-order valence-corrected chi connectivity index (χ3v) is 4.92. The summed E-state index contributed by atoms with van der Waals surface area (Å²) in [5.41, 5.74) is 2.17. The van der Waals surface area contributed by atoms with Gasteiger partial charge in [-0.25, -0.2) is 19.3 Å². The molecule has 4 nitrogen and oxygen atoms in total. The highest BCUT2D eigenvalue weighted by Crippen LogP contribution is 2.30. The van der Waals surface area contributed by atoms with E-state index in [0.29, 0.717) is 11.9 Å². The number of halogens is 1. The Labute approximate surface area is 144 Å². The second kappa shape index (κ2) is 6.75. The maximum atomic E-state index is 13.1. The topological polar surface area (TPSA) is 41.9 Å². The lowest BCUT2D eigenvalue weighted by Gasteiger charge is -2.21. The molecule has 122 valence electrons. The molecule has 24 heavy (non-hydrogen) atoms. The van der Waals surface area contributed by atoms with Gasteiger partial charge in [-0.2, -0.15) is 0 Å². The van der Waals surface area contributed by atoms with Crippen molar-refractivity contribution in [3.05, 3.63) is 65.2 Å². The van der Waals surface area contributed by atoms with E-state index in [9.17, 15) is 4.39 Å². The van der Waals surface area contributed by atoms with Crippen molar-refractivity contribution in [3.8, 4) is 10.8 Å². The molecule has 0 bridgehead atoms. The summed E-state index contributed by atoms with van der Waals surface area (Å²) < 4.78 is 13.1. The molecule has 2 aromatic heterocycles. The molecule has 1 saturated carbocycles. The van der Waals surface area contributed by atoms with Crippen molar-refractivity contribution >= 4 is 11.3 Å². The fourth-order valence-corrected chi connectivity index (χ4v) is 3.43. The molecule has 0 radical (unpaired) electrons. The Bertz CT molecular complexity index is 799. The van der Waals surface area contributed by atoms with Crippen LogP contribution in [0.3, 0.4) is 0 Å². The van der Waals surface area contributed by atoms with E-state index in [1.165, 1.54) is 25.0 Å². The fourth-order valence-electron chi connectivity index (χ4n) is 2.68. The van der Waals surface area contributed by atoms with E-state index in [1.54, 1.807) is 29.8 Å². The zero-order valence-electron chi connectivity index (χ0n) is 13.1. The summed E-state index contributed by atoms with van der Waals surface area (Å²) in [5, 5.41) is 2.93. The summed E-state index contributed by atoms with van der Waals surface area (Å²) in [5.74, 6) is 0.481. The van der Waals surface area contributed by atoms with Crippen LogP contribution in [-0.2, 0) is 13.1 Å². The molecule has 3 aromatic rings. The van der Waals surface area contributed by atoms with E-state index in [-0.39, 0.29) is 5.82 Å². The van der Waals surface area contributed by atoms with E-state index < -0.39 is 0 Å². The number of benzene rings is 1. The van der Waals surface area contributed by atoms with Crippen molar-refractivity contribution in [1.29, 1.82) is 0 Å². The van der Waals surface area contributed by atoms with Crippen LogP contribution in [0.25, 0.3) is 10.8 Å². The number of hydrogen-bond acceptors (Lipinski definition) is 5. The van der Waals surface area contributed by atoms with Crippen LogP contribution in [0.4, 0.5) is 4.39 Å². The minimum Gasteiger partial charge on any atom is -0.290 e. The molecule has 0 N–H and O–H groups in total. The Hall–Kier alpha value is -2.18. The van der Waals surface area contributed by atoms with Crippen LogP contribution in [-0.4, -0.2) is 25.9 Å². The smallest absolute Gasteiger partial charge is 0.188 e. The van der Waals surface area contributed by atoms with Gasteiger partial charge in [0.1, 0.15) is 5.82 Å². The van der Waals surface area contributed by atoms with E-state index >= 15 is 0 Å². The van der Waals surface area contributed by atoms with Crippen LogP contribution in [0.2, 0.25) is 0 Å². The highest BCUT2D eigenvalue weighted by Gasteiger charge is 2.29. The van der Waals surface area contributed by atoms with Gasteiger partial charge in [0, 0.05) is 36.9 Å². The molecule has 1 aliphatic carbocycles. The van der Waals surface area contributed by atoms with Crippen LogP contribution in [0.1, 0.15) is 24.1 Å². The number of nitrogens with zero attached hydrogens (tertiary/aromatic N) is 4. The molecular formula is C18H17FN4S. The van der Waals surface area contributed by atoms with Gasteiger partial charge in [0.05, 0.1) is 5.69 Å². The molecule has 0 saturated heterocycles. The van der Waals surface area contributed by atoms with Crippen LogP contribution in [0, 0.1) is 5.82 Å². The first-order valence-corrected chi connectivity index (χ1v) is 8.86. The van der Waals surface area contributed by atoms with Gasteiger partial charge in [-0.05, 0) is 36.6 Å². The summed E-state index contributed by atoms with van der Waals surface area (Å²) in [4.78, 5) is 15.6. The monoisotopic (exact) mass is 340 g/mol. The molecule has 1 aliphatic rings. The Morgan fingerprint density at radius 2 is 1.83 bits per heavy atom. The van der Waals surface area contributed by atoms with Gasteiger partial charge in [-0.3, -0.25) is 4.90 Å². The molecule has 6 heteroatoms. The van der Waals surface area contributed by atoms with Gasteiger partial charge in [-0.15, -0.1) is 11.3 Å². The lowest BCUT2D eigenvalue weighted by atomic mass is 10.2. The lowest BCUT2D eigenvalue weighted by Crippen LogP contribution is -2.25. The van der Waals surface area contributed by atoms with E-state index in [0.717, 1.165) is 29.4 Å². The predicted molar refractivity (Wildman–Crippen MR) is 91.8 cm³/mol. The minimum atomic E-state index is -0.191. The van der Waals surface area contributed by atoms with Crippen molar-refractivity contribution in [2.45, 2.75) is 32.0 Å². The number of hydrogen-bond donors (Lipinski definition) is 0. The fraction of sp³-hybridized carbons (Fsp3) is 0.278. The number of thiazole rings is 1. The summed E-state index contributed by atoms with van der Waals surface area (Å²) in [6, 6.07) is 9.16. The third kappa shape index (κ3) is 3.66. The number of rotatable bonds is 6. The SMILES string of the molecule is Fc1ccc(CN(Cc2csc(-c3ncccn3)n2)C2CC2)cc1. The zero-order chi connectivity index (χ0) is 16.4. The average molecular weight is 340 g/mol. The van der Waals surface area contributed by atoms with Crippen molar-refractivity contribution in [1.82, 2.24) is 19.9 Å². The van der Waals surface area contributed by atoms with Gasteiger partial charge < -0.3 is 0 Å². The Morgan fingerprint density at radius 3 is 2.54 bits per heavy atom. The molecule has 2 heterocycles. The molecule has 4 rings (SSSR count). The standard InChI is InChI=1S/C18H17FN4S/c19-14-4-2-13(3-5-14)10-23(16-6-7-16)11-15-12-24-18(22-15)17-20-8-1-9-21-17/h1-5,8-9,12,16H,6-7,10-11H2. The largest absolute Gasteiger partial charge is 0.290 e. The van der Waals surface area contributed by atoms with Crippen LogP contribution in [0.5, 0.6) is 0 Å². The van der Waals surface area contributed by atoms with Crippen molar-refractivity contribution in [3.63, 3.8) is 0 Å². The zero-order valence-corrected chi connectivity index (χ0v) is 13.9. The Kier molecular flexibility index (Phi) is 4.32. The molecule has 0 spiro atoms. The first kappa shape index (κ1) is 15.4. The van der Waals surface area contributed by atoms with Gasteiger partial charge in [0.15, 0.2) is 10.8 Å². The average Bonchev–Trinajstić information content (AvgIpc) is 3.36. The second-order valence-electron chi connectivity index (χ2n) is 5.98. The Balaban J connectivity index is 1.47. The first-order chi connectivity index (χ1) is 11.8. The molecular weight excluding hydrogens is 323 g/mol. The highest BCUT2D eigenvalue weighted by molar-refractivity contribution is 7.13. The molecule has 1 aromatic carbocycles. The molecule has 0 amide bonds. The lowest BCUT2D eigenvalue weighted by molar-refractivity contribution is 0.243. The molecule has 0 aliphatic heterocycles. The van der Waals surface area contributed by atoms with Gasteiger partial charge in [0.2, 0.25) is 0 Å². The maximum Gasteiger partial charge on any atom is 0.188 e. The van der Waals surface area contributed by atoms with Crippen molar-refractivity contribution < 1.29 is 4.39 Å². The normalized spacial score (nSPS) is 14.2. The minimum absolute atomic E-state index is 0.191. The maximum absolute atomic E-state index is 13.1. The van der Waals surface area contributed by atoms with Crippen LogP contribution < -0.4 is 0 Å². The molecule has 1 fully saturated rings. The van der Waals surface area contributed by atoms with Gasteiger partial charge in [-0.1, -0.05) is 12.1 Å². The quantitative estimate of drug-likeness (QED) is 0.682. The van der Waals surface area contributed by atoms with Crippen LogP contribution in [0.15, 0.2) is 48.1 Å².